The van der Waals surface area contributed by atoms with Gasteiger partial charge in [-0.25, -0.2) is 23.1 Å². The van der Waals surface area contributed by atoms with Gasteiger partial charge in [-0.3, -0.25) is 43.2 Å². The van der Waals surface area contributed by atoms with Gasteiger partial charge in [0.05, 0.1) is 47.7 Å². The third-order valence-electron chi connectivity index (χ3n) is 15.0. The minimum absolute atomic E-state index is 0.0208. The lowest BCUT2D eigenvalue weighted by atomic mass is 9.70. The second-order valence-corrected chi connectivity index (χ2v) is 18.8. The molecule has 1 aromatic carbocycles. The highest BCUT2D eigenvalue weighted by molar-refractivity contribution is 6.08. The van der Waals surface area contributed by atoms with Crippen LogP contribution in [-0.2, 0) is 26.2 Å². The summed E-state index contributed by atoms with van der Waals surface area (Å²) in [6, 6.07) is 7.01. The van der Waals surface area contributed by atoms with Crippen LogP contribution in [0.2, 0.25) is 0 Å². The number of nitrogens with one attached hydrogen (secondary N) is 2. The molecule has 0 spiro atoms. The molecule has 4 saturated heterocycles. The maximum atomic E-state index is 14.3. The van der Waals surface area contributed by atoms with E-state index in [-0.39, 0.29) is 71.6 Å². The Morgan fingerprint density at radius 1 is 0.985 bits per heavy atom. The second-order valence-electron chi connectivity index (χ2n) is 18.8. The molecule has 4 aliphatic heterocycles. The van der Waals surface area contributed by atoms with Crippen LogP contribution in [0.4, 0.5) is 20.3 Å². The number of carbonyl (C=O) groups is 4. The number of fused-ring (bicyclic) bond motifs is 4. The smallest absolute Gasteiger partial charge is 0.329 e. The molecule has 4 aromatic heterocycles. The van der Waals surface area contributed by atoms with Crippen molar-refractivity contribution in [2.24, 2.45) is 18.9 Å². The number of ether oxygens (including phenoxy) is 1. The van der Waals surface area contributed by atoms with Crippen molar-refractivity contribution in [3.05, 3.63) is 70.2 Å². The molecule has 342 valence electrons. The van der Waals surface area contributed by atoms with Crippen molar-refractivity contribution in [3.63, 3.8) is 0 Å². The Balaban J connectivity index is 0.662. The molecule has 65 heavy (non-hydrogen) atoms. The molecule has 6 aliphatic rings. The number of aromatic nitrogens is 7. The average Bonchev–Trinajstić information content (AvgIpc) is 4.14. The summed E-state index contributed by atoms with van der Waals surface area (Å²) in [6.07, 6.45) is 8.13. The average molecular weight is 895 g/mol. The first-order valence-corrected chi connectivity index (χ1v) is 22.9. The van der Waals surface area contributed by atoms with Gasteiger partial charge in [-0.05, 0) is 80.9 Å². The number of rotatable bonds is 10. The fourth-order valence-corrected chi connectivity index (χ4v) is 11.4. The molecule has 6 fully saturated rings. The Hall–Kier alpha value is -6.02. The molecular weight excluding hydrogens is 843 g/mol. The maximum Gasteiger partial charge on any atom is 0.329 e. The first-order valence-electron chi connectivity index (χ1n) is 22.9. The monoisotopic (exact) mass is 894 g/mol. The molecule has 3 atom stereocenters. The Labute approximate surface area is 371 Å². The van der Waals surface area contributed by atoms with E-state index in [1.54, 1.807) is 22.5 Å². The van der Waals surface area contributed by atoms with Gasteiger partial charge in [-0.1, -0.05) is 12.1 Å². The van der Waals surface area contributed by atoms with Crippen LogP contribution in [-0.4, -0.2) is 125 Å². The lowest BCUT2D eigenvalue weighted by Crippen LogP contribution is -2.52. The minimum atomic E-state index is -2.88. The summed E-state index contributed by atoms with van der Waals surface area (Å²) in [4.78, 5) is 76.5. The van der Waals surface area contributed by atoms with Gasteiger partial charge in [-0.2, -0.15) is 10.2 Å². The Bertz CT molecular complexity index is 2760. The summed E-state index contributed by atoms with van der Waals surface area (Å²) in [6.45, 7) is 5.17. The van der Waals surface area contributed by atoms with Gasteiger partial charge in [0.1, 0.15) is 17.4 Å². The van der Waals surface area contributed by atoms with Crippen molar-refractivity contribution in [2.45, 2.75) is 94.4 Å². The number of carbonyl (C=O) groups excluding carboxylic acids is 4. The maximum absolute atomic E-state index is 14.3. The number of halogens is 2. The van der Waals surface area contributed by atoms with Crippen LogP contribution >= 0.6 is 0 Å². The van der Waals surface area contributed by atoms with Gasteiger partial charge >= 0.3 is 5.69 Å². The number of imidazole rings is 1. The molecular formula is C45H52F2N12O6. The van der Waals surface area contributed by atoms with Crippen LogP contribution in [0.1, 0.15) is 104 Å². The minimum Gasteiger partial charge on any atom is -0.374 e. The van der Waals surface area contributed by atoms with Gasteiger partial charge in [0.25, 0.3) is 12.3 Å². The van der Waals surface area contributed by atoms with E-state index < -0.39 is 30.0 Å². The SMILES string of the molecule is Cn1c(=O)n([C@H]2CCC(=O)NC2=O)c2cccc(C3CC(C(=O)N4CCN(CC5CCC(n6cc(NC(=O)c7cnn8ccc(N9CC%10CC9CO%10)nc78)c(C(F)F)n6)CC5)CC4)C3)c21. The Morgan fingerprint density at radius 2 is 1.78 bits per heavy atom. The zero-order valence-electron chi connectivity index (χ0n) is 36.2. The summed E-state index contributed by atoms with van der Waals surface area (Å²) in [5, 5.41) is 13.6. The van der Waals surface area contributed by atoms with Gasteiger partial charge in [0.2, 0.25) is 17.7 Å². The number of hydrogen-bond acceptors (Lipinski definition) is 11. The Morgan fingerprint density at radius 3 is 2.51 bits per heavy atom. The fraction of sp³-hybridized carbons (Fsp3) is 0.556. The molecule has 20 heteroatoms. The van der Waals surface area contributed by atoms with Crippen LogP contribution in [0.3, 0.4) is 0 Å². The summed E-state index contributed by atoms with van der Waals surface area (Å²) < 4.78 is 40.6. The number of benzene rings is 1. The number of nitrogens with zero attached hydrogens (tertiary/aromatic N) is 10. The molecule has 0 radical (unpaired) electrons. The van der Waals surface area contributed by atoms with Gasteiger partial charge in [0.15, 0.2) is 11.3 Å². The highest BCUT2D eigenvalue weighted by Gasteiger charge is 2.42. The van der Waals surface area contributed by atoms with E-state index in [1.165, 1.54) is 21.5 Å². The van der Waals surface area contributed by atoms with Crippen LogP contribution in [0.5, 0.6) is 0 Å². The van der Waals surface area contributed by atoms with Crippen LogP contribution < -0.4 is 21.2 Å². The number of piperidine rings is 1. The Kier molecular flexibility index (Phi) is 10.5. The van der Waals surface area contributed by atoms with Gasteiger partial charge < -0.3 is 19.9 Å². The third kappa shape index (κ3) is 7.47. The van der Waals surface area contributed by atoms with E-state index in [0.29, 0.717) is 49.6 Å². The normalized spacial score (nSPS) is 27.2. The van der Waals surface area contributed by atoms with E-state index in [1.807, 2.05) is 29.2 Å². The van der Waals surface area contributed by atoms with E-state index in [4.69, 9.17) is 9.72 Å². The highest BCUT2D eigenvalue weighted by Crippen LogP contribution is 2.45. The van der Waals surface area contributed by atoms with Crippen molar-refractivity contribution in [1.82, 2.24) is 48.6 Å². The topological polar surface area (TPSA) is 186 Å². The number of hydrogen-bond donors (Lipinski definition) is 2. The standard InChI is InChI=1S/C45H52F2N12O6/c1-53-39-31(3-2-4-34(39)59(45(53)64)35-9-10-37(60)51-43(35)62)26-17-27(18-26)44(63)55-15-13-54(14-16-55)21-25-5-7-28(8-6-25)58-23-33(38(52-58)40(46)47)49-42(61)32-20-48-57-12-11-36(50-41(32)57)56-22-30-19-29(56)24-65-30/h2-4,11-12,20,23,25-30,35,40H,5-10,13-19,21-22,24H2,1H3,(H,49,61)(H,51,60,62)/t25?,26?,27?,28?,29?,30?,35-/m0/s1. The molecule has 2 unspecified atom stereocenters. The van der Waals surface area contributed by atoms with Crippen LogP contribution in [0, 0.1) is 11.8 Å². The number of imide groups is 1. The number of alkyl halides is 2. The zero-order valence-corrected chi connectivity index (χ0v) is 36.2. The molecule has 5 aromatic rings. The van der Waals surface area contributed by atoms with Gasteiger partial charge in [-0.15, -0.1) is 0 Å². The molecule has 18 nitrogen and oxygen atoms in total. The van der Waals surface area contributed by atoms with Gasteiger partial charge in [0, 0.05) is 71.0 Å². The molecule has 8 heterocycles. The summed E-state index contributed by atoms with van der Waals surface area (Å²) in [5.41, 5.74) is 2.17. The summed E-state index contributed by atoms with van der Waals surface area (Å²) in [5.74, 6) is -0.0186. The lowest BCUT2D eigenvalue weighted by Gasteiger charge is -2.42. The largest absolute Gasteiger partial charge is 0.374 e. The van der Waals surface area contributed by atoms with Crippen molar-refractivity contribution >= 4 is 51.8 Å². The predicted octanol–water partition coefficient (Wildman–Crippen LogP) is 3.79. The van der Waals surface area contributed by atoms with Crippen molar-refractivity contribution < 1.29 is 32.7 Å². The molecule has 2 saturated carbocycles. The number of para-hydroxylation sites is 1. The van der Waals surface area contributed by atoms with E-state index in [2.05, 4.69) is 30.6 Å². The number of anilines is 2. The number of piperazine rings is 1. The fourth-order valence-electron chi connectivity index (χ4n) is 11.4. The summed E-state index contributed by atoms with van der Waals surface area (Å²) in [7, 11) is 1.71. The van der Waals surface area contributed by atoms with E-state index >= 15 is 0 Å². The van der Waals surface area contributed by atoms with E-state index in [0.717, 1.165) is 75.2 Å². The van der Waals surface area contributed by atoms with Crippen molar-refractivity contribution in [2.75, 3.05) is 56.1 Å². The molecule has 11 rings (SSSR count). The zero-order chi connectivity index (χ0) is 44.7. The quantitative estimate of drug-likeness (QED) is 0.195. The lowest BCUT2D eigenvalue weighted by molar-refractivity contribution is -0.140. The highest BCUT2D eigenvalue weighted by atomic mass is 19.3. The molecule has 2 N–H and O–H groups in total. The number of morpholine rings is 1. The first-order chi connectivity index (χ1) is 31.5. The van der Waals surface area contributed by atoms with Crippen molar-refractivity contribution in [3.8, 4) is 0 Å². The first kappa shape index (κ1) is 41.7. The predicted molar refractivity (Wildman–Crippen MR) is 232 cm³/mol. The van der Waals surface area contributed by atoms with Crippen LogP contribution in [0.15, 0.2) is 47.7 Å². The van der Waals surface area contributed by atoms with E-state index in [9.17, 15) is 32.8 Å². The van der Waals surface area contributed by atoms with Crippen molar-refractivity contribution in [1.29, 1.82) is 0 Å². The number of aryl methyl sites for hydroxylation is 1. The third-order valence-corrected chi connectivity index (χ3v) is 15.0. The molecule has 4 amide bonds. The summed E-state index contributed by atoms with van der Waals surface area (Å²) >= 11 is 0. The second kappa shape index (κ2) is 16.4. The molecule has 2 aliphatic carbocycles. The number of amides is 4. The van der Waals surface area contributed by atoms with Crippen LogP contribution in [0.25, 0.3) is 16.7 Å². The molecule has 2 bridgehead atoms.